The molecule has 4 heteroatoms. The lowest BCUT2D eigenvalue weighted by Gasteiger charge is -2.15. The molecule has 92 valence electrons. The Morgan fingerprint density at radius 2 is 1.94 bits per heavy atom. The van der Waals surface area contributed by atoms with Crippen molar-refractivity contribution in [2.45, 2.75) is 25.7 Å². The van der Waals surface area contributed by atoms with Crippen LogP contribution in [0.1, 0.15) is 20.7 Å². The van der Waals surface area contributed by atoms with Gasteiger partial charge in [-0.1, -0.05) is 37.8 Å². The van der Waals surface area contributed by atoms with Crippen LogP contribution in [0.2, 0.25) is 25.7 Å². The Hall–Kier alpha value is -1.42. The van der Waals surface area contributed by atoms with Crippen molar-refractivity contribution < 1.29 is 14.3 Å². The molecule has 0 aliphatic heterocycles. The van der Waals surface area contributed by atoms with Gasteiger partial charge in [0.05, 0.1) is 12.2 Å². The van der Waals surface area contributed by atoms with Gasteiger partial charge in [0, 0.05) is 13.6 Å². The van der Waals surface area contributed by atoms with Crippen LogP contribution in [0, 0.1) is 0 Å². The molecule has 0 aliphatic carbocycles. The molecule has 0 N–H and O–H groups in total. The molecule has 0 atom stereocenters. The molecule has 1 aromatic carbocycles. The summed E-state index contributed by atoms with van der Waals surface area (Å²) in [7, 11) is -1.19. The maximum atomic E-state index is 11.7. The van der Waals surface area contributed by atoms with Crippen LogP contribution in [0.15, 0.2) is 24.3 Å². The summed E-state index contributed by atoms with van der Waals surface area (Å²) in [4.78, 5) is 22.5. The van der Waals surface area contributed by atoms with Gasteiger partial charge in [-0.15, -0.1) is 0 Å². The summed E-state index contributed by atoms with van der Waals surface area (Å²) in [6.45, 7) is 7.10. The molecule has 0 fully saturated rings. The van der Waals surface area contributed by atoms with Gasteiger partial charge in [-0.2, -0.15) is 0 Å². The number of benzene rings is 1. The van der Waals surface area contributed by atoms with E-state index in [1.807, 2.05) is 0 Å². The average Bonchev–Trinajstić information content (AvgIpc) is 2.27. The highest BCUT2D eigenvalue weighted by atomic mass is 28.3. The van der Waals surface area contributed by atoms with E-state index < -0.39 is 14.0 Å². The van der Waals surface area contributed by atoms with E-state index in [-0.39, 0.29) is 0 Å². The number of esters is 1. The molecule has 0 saturated heterocycles. The summed E-state index contributed by atoms with van der Waals surface area (Å²) in [5.41, 5.74) is 0.726. The average molecular weight is 250 g/mol. The van der Waals surface area contributed by atoms with E-state index >= 15 is 0 Å². The van der Waals surface area contributed by atoms with Gasteiger partial charge in [0.2, 0.25) is 0 Å². The van der Waals surface area contributed by atoms with Crippen LogP contribution in [0.25, 0.3) is 0 Å². The molecule has 3 nitrogen and oxygen atoms in total. The largest absolute Gasteiger partial charge is 0.462 e. The minimum Gasteiger partial charge on any atom is -0.462 e. The van der Waals surface area contributed by atoms with Gasteiger partial charge in [-0.05, 0) is 12.1 Å². The van der Waals surface area contributed by atoms with Crippen molar-refractivity contribution in [3.63, 3.8) is 0 Å². The predicted molar refractivity (Wildman–Crippen MR) is 70.3 cm³/mol. The minimum atomic E-state index is -1.19. The van der Waals surface area contributed by atoms with Crippen LogP contribution in [0.4, 0.5) is 0 Å². The van der Waals surface area contributed by atoms with Gasteiger partial charge in [0.1, 0.15) is 0 Å². The highest BCUT2D eigenvalue weighted by molar-refractivity contribution is 6.76. The van der Waals surface area contributed by atoms with Crippen molar-refractivity contribution >= 4 is 20.3 Å². The molecule has 0 unspecified atom stereocenters. The first kappa shape index (κ1) is 13.6. The molecule has 0 aliphatic rings. The number of rotatable bonds is 5. The van der Waals surface area contributed by atoms with Crippen LogP contribution in [-0.4, -0.2) is 26.9 Å². The molecule has 0 bridgehead atoms. The van der Waals surface area contributed by atoms with Crippen molar-refractivity contribution in [2.75, 3.05) is 6.61 Å². The first-order chi connectivity index (χ1) is 7.94. The van der Waals surface area contributed by atoms with Crippen LogP contribution in [0.5, 0.6) is 0 Å². The zero-order valence-electron chi connectivity index (χ0n) is 10.5. The van der Waals surface area contributed by atoms with Crippen LogP contribution >= 0.6 is 0 Å². The number of ether oxygens (including phenoxy) is 1. The zero-order chi connectivity index (χ0) is 12.9. The van der Waals surface area contributed by atoms with Crippen molar-refractivity contribution in [3.05, 3.63) is 35.4 Å². The lowest BCUT2D eigenvalue weighted by Crippen LogP contribution is -2.23. The van der Waals surface area contributed by atoms with E-state index in [9.17, 15) is 9.59 Å². The second-order valence-electron chi connectivity index (χ2n) is 5.15. The molecule has 1 aromatic rings. The maximum Gasteiger partial charge on any atom is 0.338 e. The van der Waals surface area contributed by atoms with E-state index in [0.29, 0.717) is 24.0 Å². The normalized spacial score (nSPS) is 11.0. The van der Waals surface area contributed by atoms with Gasteiger partial charge >= 0.3 is 5.97 Å². The quantitative estimate of drug-likeness (QED) is 0.458. The minimum absolute atomic E-state index is 0.345. The number of carbonyl (C=O) groups excluding carboxylic acids is 2. The molecule has 0 heterocycles. The third kappa shape index (κ3) is 4.52. The second kappa shape index (κ2) is 5.77. The second-order valence-corrected chi connectivity index (χ2v) is 10.8. The van der Waals surface area contributed by atoms with Gasteiger partial charge in [-0.25, -0.2) is 4.79 Å². The number of hydrogen-bond acceptors (Lipinski definition) is 3. The van der Waals surface area contributed by atoms with E-state index in [0.717, 1.165) is 6.04 Å². The molecule has 17 heavy (non-hydrogen) atoms. The fourth-order valence-electron chi connectivity index (χ4n) is 1.31. The first-order valence-electron chi connectivity index (χ1n) is 5.65. The Kier molecular flexibility index (Phi) is 4.63. The highest BCUT2D eigenvalue weighted by Crippen LogP contribution is 2.11. The van der Waals surface area contributed by atoms with Crippen molar-refractivity contribution in [1.82, 2.24) is 0 Å². The van der Waals surface area contributed by atoms with E-state index in [4.69, 9.17) is 4.74 Å². The third-order valence-corrected chi connectivity index (χ3v) is 4.10. The Balaban J connectivity index is 2.61. The van der Waals surface area contributed by atoms with Crippen molar-refractivity contribution in [2.24, 2.45) is 0 Å². The van der Waals surface area contributed by atoms with Crippen molar-refractivity contribution in [3.8, 4) is 0 Å². The van der Waals surface area contributed by atoms with Crippen LogP contribution in [0.3, 0.4) is 0 Å². The summed E-state index contributed by atoms with van der Waals surface area (Å²) in [5, 5.41) is 0. The van der Waals surface area contributed by atoms with Crippen molar-refractivity contribution in [1.29, 1.82) is 0 Å². The molecule has 0 aromatic heterocycles. The number of carbonyl (C=O) groups is 2. The Morgan fingerprint density at radius 3 is 2.53 bits per heavy atom. The fourth-order valence-corrected chi connectivity index (χ4v) is 2.03. The molecule has 0 amide bonds. The smallest absolute Gasteiger partial charge is 0.338 e. The molecular weight excluding hydrogens is 232 g/mol. The first-order valence-corrected chi connectivity index (χ1v) is 9.36. The molecule has 1 rings (SSSR count). The summed E-state index contributed by atoms with van der Waals surface area (Å²) < 4.78 is 5.18. The fraction of sp³-hybridized carbons (Fsp3) is 0.385. The SMILES string of the molecule is C[Si](C)(C)CCOC(=O)c1ccccc1C=O. The Bertz CT molecular complexity index is 407. The van der Waals surface area contributed by atoms with Gasteiger partial charge in [0.15, 0.2) is 6.29 Å². The van der Waals surface area contributed by atoms with E-state index in [1.165, 1.54) is 0 Å². The topological polar surface area (TPSA) is 43.4 Å². The zero-order valence-corrected chi connectivity index (χ0v) is 11.5. The summed E-state index contributed by atoms with van der Waals surface area (Å²) in [6, 6.07) is 7.61. The molecule has 0 radical (unpaired) electrons. The molecular formula is C13H18O3Si. The lowest BCUT2D eigenvalue weighted by atomic mass is 10.1. The summed E-state index contributed by atoms with van der Waals surface area (Å²) in [5.74, 6) is -0.411. The third-order valence-electron chi connectivity index (χ3n) is 2.39. The van der Waals surface area contributed by atoms with Crippen LogP contribution in [-0.2, 0) is 4.74 Å². The van der Waals surface area contributed by atoms with Gasteiger partial charge in [0.25, 0.3) is 0 Å². The lowest BCUT2D eigenvalue weighted by molar-refractivity contribution is 0.0523. The maximum absolute atomic E-state index is 11.7. The number of aldehydes is 1. The van der Waals surface area contributed by atoms with E-state index in [1.54, 1.807) is 24.3 Å². The monoisotopic (exact) mass is 250 g/mol. The van der Waals surface area contributed by atoms with Crippen LogP contribution < -0.4 is 0 Å². The molecule has 0 spiro atoms. The Labute approximate surface area is 103 Å². The van der Waals surface area contributed by atoms with Gasteiger partial charge < -0.3 is 4.74 Å². The van der Waals surface area contributed by atoms with Gasteiger partial charge in [-0.3, -0.25) is 4.79 Å². The Morgan fingerprint density at radius 1 is 1.29 bits per heavy atom. The standard InChI is InChI=1S/C13H18O3Si/c1-17(2,3)9-8-16-13(15)12-7-5-4-6-11(12)10-14/h4-7,10H,8-9H2,1-3H3. The summed E-state index contributed by atoms with van der Waals surface area (Å²) >= 11 is 0. The summed E-state index contributed by atoms with van der Waals surface area (Å²) in [6.07, 6.45) is 0.676. The highest BCUT2D eigenvalue weighted by Gasteiger charge is 2.16. The number of hydrogen-bond donors (Lipinski definition) is 0. The molecule has 0 saturated carbocycles. The van der Waals surface area contributed by atoms with E-state index in [2.05, 4.69) is 19.6 Å². The predicted octanol–water partition coefficient (Wildman–Crippen LogP) is 2.99.